The summed E-state index contributed by atoms with van der Waals surface area (Å²) in [5.74, 6) is 0.539. The number of aryl methyl sites for hydroxylation is 1. The summed E-state index contributed by atoms with van der Waals surface area (Å²) in [6, 6.07) is 8.74. The standard InChI is InChI=1S/C15H23BrO/c1-12-6-5-7-13(10-12)14(11-16)8-9-17-15(2,3)4/h5-7,10,14H,8-9,11H2,1-4H3. The third-order valence-corrected chi connectivity index (χ3v) is 3.48. The van der Waals surface area contributed by atoms with E-state index in [-0.39, 0.29) is 5.60 Å². The third-order valence-electron chi connectivity index (χ3n) is 2.70. The molecule has 1 rings (SSSR count). The van der Waals surface area contributed by atoms with Crippen LogP contribution >= 0.6 is 15.9 Å². The van der Waals surface area contributed by atoms with Gasteiger partial charge < -0.3 is 4.74 Å². The van der Waals surface area contributed by atoms with Crippen molar-refractivity contribution in [3.05, 3.63) is 35.4 Å². The number of benzene rings is 1. The third kappa shape index (κ3) is 5.69. The molecule has 0 spiro atoms. The summed E-state index contributed by atoms with van der Waals surface area (Å²) in [5.41, 5.74) is 2.69. The first kappa shape index (κ1) is 14.7. The zero-order valence-corrected chi connectivity index (χ0v) is 12.9. The van der Waals surface area contributed by atoms with Gasteiger partial charge in [-0.15, -0.1) is 0 Å². The topological polar surface area (TPSA) is 9.23 Å². The lowest BCUT2D eigenvalue weighted by Crippen LogP contribution is -2.21. The molecule has 0 saturated heterocycles. The van der Waals surface area contributed by atoms with Gasteiger partial charge in [-0.25, -0.2) is 0 Å². The highest BCUT2D eigenvalue weighted by atomic mass is 79.9. The van der Waals surface area contributed by atoms with Crippen LogP contribution in [0.15, 0.2) is 24.3 Å². The molecule has 1 nitrogen and oxygen atoms in total. The predicted molar refractivity (Wildman–Crippen MR) is 78.0 cm³/mol. The monoisotopic (exact) mass is 298 g/mol. The number of alkyl halides is 1. The molecule has 0 aliphatic heterocycles. The SMILES string of the molecule is Cc1cccc(C(CBr)CCOC(C)(C)C)c1. The maximum Gasteiger partial charge on any atom is 0.0598 e. The highest BCUT2D eigenvalue weighted by Crippen LogP contribution is 2.23. The van der Waals surface area contributed by atoms with Crippen LogP contribution in [0, 0.1) is 6.92 Å². The summed E-state index contributed by atoms with van der Waals surface area (Å²) in [6.07, 6.45) is 1.06. The molecule has 0 N–H and O–H groups in total. The number of hydrogen-bond donors (Lipinski definition) is 0. The largest absolute Gasteiger partial charge is 0.376 e. The van der Waals surface area contributed by atoms with Crippen molar-refractivity contribution in [1.29, 1.82) is 0 Å². The lowest BCUT2D eigenvalue weighted by Gasteiger charge is -2.22. The lowest BCUT2D eigenvalue weighted by atomic mass is 9.96. The molecule has 1 aromatic carbocycles. The molecule has 0 heterocycles. The minimum atomic E-state index is -0.0382. The van der Waals surface area contributed by atoms with E-state index in [4.69, 9.17) is 4.74 Å². The Morgan fingerprint density at radius 3 is 2.53 bits per heavy atom. The van der Waals surface area contributed by atoms with Crippen molar-refractivity contribution in [2.24, 2.45) is 0 Å². The molecule has 0 radical (unpaired) electrons. The molecule has 0 fully saturated rings. The van der Waals surface area contributed by atoms with Crippen LogP contribution in [-0.4, -0.2) is 17.5 Å². The predicted octanol–water partition coefficient (Wildman–Crippen LogP) is 4.68. The Kier molecular flexibility index (Phi) is 5.68. The van der Waals surface area contributed by atoms with Gasteiger partial charge in [-0.1, -0.05) is 45.8 Å². The van der Waals surface area contributed by atoms with Crippen molar-refractivity contribution >= 4 is 15.9 Å². The second kappa shape index (κ2) is 6.55. The quantitative estimate of drug-likeness (QED) is 0.717. The van der Waals surface area contributed by atoms with Gasteiger partial charge in [0.25, 0.3) is 0 Å². The maximum atomic E-state index is 5.79. The van der Waals surface area contributed by atoms with Gasteiger partial charge in [0.2, 0.25) is 0 Å². The van der Waals surface area contributed by atoms with Gasteiger partial charge in [-0.05, 0) is 45.6 Å². The van der Waals surface area contributed by atoms with Gasteiger partial charge in [0.05, 0.1) is 5.60 Å². The first-order valence-corrected chi connectivity index (χ1v) is 7.31. The van der Waals surface area contributed by atoms with E-state index in [2.05, 4.69) is 67.9 Å². The van der Waals surface area contributed by atoms with E-state index in [1.54, 1.807) is 0 Å². The Hall–Kier alpha value is -0.340. The maximum absolute atomic E-state index is 5.79. The van der Waals surface area contributed by atoms with Gasteiger partial charge in [0.15, 0.2) is 0 Å². The molecule has 1 atom stereocenters. The fraction of sp³-hybridized carbons (Fsp3) is 0.600. The first-order chi connectivity index (χ1) is 7.92. The van der Waals surface area contributed by atoms with Crippen molar-refractivity contribution < 1.29 is 4.74 Å². The molecule has 0 aliphatic carbocycles. The van der Waals surface area contributed by atoms with Crippen molar-refractivity contribution in [3.8, 4) is 0 Å². The van der Waals surface area contributed by atoms with Crippen LogP contribution in [0.3, 0.4) is 0 Å². The molecule has 0 bridgehead atoms. The molecule has 0 amide bonds. The minimum Gasteiger partial charge on any atom is -0.376 e. The van der Waals surface area contributed by atoms with Crippen LogP contribution < -0.4 is 0 Å². The van der Waals surface area contributed by atoms with Crippen molar-refractivity contribution in [1.82, 2.24) is 0 Å². The van der Waals surface area contributed by atoms with Gasteiger partial charge in [0, 0.05) is 11.9 Å². The second-order valence-electron chi connectivity index (χ2n) is 5.51. The normalized spacial score (nSPS) is 13.7. The van der Waals surface area contributed by atoms with E-state index in [0.717, 1.165) is 18.4 Å². The summed E-state index contributed by atoms with van der Waals surface area (Å²) in [6.45, 7) is 9.25. The Balaban J connectivity index is 2.54. The van der Waals surface area contributed by atoms with Crippen molar-refractivity contribution in [2.75, 3.05) is 11.9 Å². The Labute approximate surface area is 114 Å². The van der Waals surface area contributed by atoms with Crippen LogP contribution in [0.25, 0.3) is 0 Å². The number of halogens is 1. The van der Waals surface area contributed by atoms with E-state index < -0.39 is 0 Å². The molecule has 96 valence electrons. The van der Waals surface area contributed by atoms with Crippen LogP contribution in [0.1, 0.15) is 44.2 Å². The number of hydrogen-bond acceptors (Lipinski definition) is 1. The Bertz CT molecular complexity index is 341. The van der Waals surface area contributed by atoms with Crippen LogP contribution in [0.4, 0.5) is 0 Å². The molecule has 1 unspecified atom stereocenters. The van der Waals surface area contributed by atoms with Crippen LogP contribution in [0.5, 0.6) is 0 Å². The average Bonchev–Trinajstić information content (AvgIpc) is 2.23. The zero-order valence-electron chi connectivity index (χ0n) is 11.3. The first-order valence-electron chi connectivity index (χ1n) is 6.19. The molecular formula is C15H23BrO. The molecule has 0 aliphatic rings. The average molecular weight is 299 g/mol. The summed E-state index contributed by atoms with van der Waals surface area (Å²) < 4.78 is 5.79. The van der Waals surface area contributed by atoms with Gasteiger partial charge in [-0.3, -0.25) is 0 Å². The van der Waals surface area contributed by atoms with E-state index in [9.17, 15) is 0 Å². The Morgan fingerprint density at radius 1 is 1.29 bits per heavy atom. The zero-order chi connectivity index (χ0) is 12.9. The van der Waals surface area contributed by atoms with Crippen LogP contribution in [0.2, 0.25) is 0 Å². The summed E-state index contributed by atoms with van der Waals surface area (Å²) in [7, 11) is 0. The highest BCUT2D eigenvalue weighted by Gasteiger charge is 2.14. The van der Waals surface area contributed by atoms with Gasteiger partial charge >= 0.3 is 0 Å². The fourth-order valence-corrected chi connectivity index (χ4v) is 2.46. The summed E-state index contributed by atoms with van der Waals surface area (Å²) in [4.78, 5) is 0. The van der Waals surface area contributed by atoms with E-state index in [1.165, 1.54) is 11.1 Å². The molecule has 1 aromatic rings. The fourth-order valence-electron chi connectivity index (χ4n) is 1.76. The van der Waals surface area contributed by atoms with Gasteiger partial charge in [-0.2, -0.15) is 0 Å². The summed E-state index contributed by atoms with van der Waals surface area (Å²) in [5, 5.41) is 0.990. The molecular weight excluding hydrogens is 276 g/mol. The lowest BCUT2D eigenvalue weighted by molar-refractivity contribution is -0.00559. The molecule has 0 aromatic heterocycles. The highest BCUT2D eigenvalue weighted by molar-refractivity contribution is 9.09. The van der Waals surface area contributed by atoms with E-state index in [1.807, 2.05) is 0 Å². The van der Waals surface area contributed by atoms with Crippen LogP contribution in [-0.2, 0) is 4.74 Å². The van der Waals surface area contributed by atoms with Crippen molar-refractivity contribution in [3.63, 3.8) is 0 Å². The molecule has 2 heteroatoms. The summed E-state index contributed by atoms with van der Waals surface area (Å²) >= 11 is 3.60. The van der Waals surface area contributed by atoms with E-state index >= 15 is 0 Å². The van der Waals surface area contributed by atoms with Crippen molar-refractivity contribution in [2.45, 2.75) is 45.6 Å². The number of rotatable bonds is 5. The number of ether oxygens (including phenoxy) is 1. The van der Waals surface area contributed by atoms with Gasteiger partial charge in [0.1, 0.15) is 0 Å². The smallest absolute Gasteiger partial charge is 0.0598 e. The molecule has 0 saturated carbocycles. The second-order valence-corrected chi connectivity index (χ2v) is 6.16. The molecule has 17 heavy (non-hydrogen) atoms. The Morgan fingerprint density at radius 2 is 2.00 bits per heavy atom. The minimum absolute atomic E-state index is 0.0382. The van der Waals surface area contributed by atoms with E-state index in [0.29, 0.717) is 5.92 Å².